The van der Waals surface area contributed by atoms with E-state index >= 15 is 4.39 Å². The first-order chi connectivity index (χ1) is 25.9. The minimum Gasteiger partial charge on any atom is -0.489 e. The minimum absolute atomic E-state index is 0. The molecule has 15 heteroatoms. The number of β-amino-alcohol motifs (C(OH)–C–C–N with tert-alkyl or cyclic N) is 1. The Morgan fingerprint density at radius 2 is 1.77 bits per heavy atom. The Labute approximate surface area is 339 Å². The molecule has 1 fully saturated rings. The van der Waals surface area contributed by atoms with E-state index in [4.69, 9.17) is 16.2 Å². The summed E-state index contributed by atoms with van der Waals surface area (Å²) < 4.78 is 20.9. The van der Waals surface area contributed by atoms with Gasteiger partial charge in [0.15, 0.2) is 11.6 Å². The van der Waals surface area contributed by atoms with E-state index in [1.807, 2.05) is 71.3 Å². The molecule has 0 saturated carbocycles. The van der Waals surface area contributed by atoms with Gasteiger partial charge in [-0.15, -0.1) is 23.7 Å². The van der Waals surface area contributed by atoms with Crippen LogP contribution in [0.25, 0.3) is 10.4 Å². The van der Waals surface area contributed by atoms with E-state index < -0.39 is 47.3 Å². The summed E-state index contributed by atoms with van der Waals surface area (Å²) >= 11 is 1.57. The number of benzene rings is 2. The summed E-state index contributed by atoms with van der Waals surface area (Å²) in [6.45, 7) is 11.3. The summed E-state index contributed by atoms with van der Waals surface area (Å²) in [7, 11) is 0. The van der Waals surface area contributed by atoms with Crippen LogP contribution in [0.3, 0.4) is 0 Å². The average molecular weight is 817 g/mol. The van der Waals surface area contributed by atoms with Crippen molar-refractivity contribution < 1.29 is 33.4 Å². The number of nitrogens with one attached hydrogen (secondary N) is 2. The fourth-order valence-electron chi connectivity index (χ4n) is 6.73. The highest BCUT2D eigenvalue weighted by Crippen LogP contribution is 2.30. The number of ether oxygens (including phenoxy) is 1. The van der Waals surface area contributed by atoms with Crippen molar-refractivity contribution in [1.29, 1.82) is 0 Å². The van der Waals surface area contributed by atoms with Gasteiger partial charge in [-0.1, -0.05) is 57.5 Å². The van der Waals surface area contributed by atoms with Crippen LogP contribution in [-0.4, -0.2) is 76.0 Å². The number of amides is 4. The van der Waals surface area contributed by atoms with Gasteiger partial charge in [0.2, 0.25) is 23.6 Å². The van der Waals surface area contributed by atoms with Gasteiger partial charge >= 0.3 is 0 Å². The highest BCUT2D eigenvalue weighted by molar-refractivity contribution is 7.13. The number of aliphatic hydroxyl groups excluding tert-OH is 1. The third-order valence-corrected chi connectivity index (χ3v) is 10.9. The lowest BCUT2D eigenvalue weighted by atomic mass is 9.85. The van der Waals surface area contributed by atoms with Crippen molar-refractivity contribution in [2.75, 3.05) is 13.2 Å². The van der Waals surface area contributed by atoms with Crippen LogP contribution < -0.4 is 26.8 Å². The van der Waals surface area contributed by atoms with E-state index in [9.17, 15) is 24.3 Å². The van der Waals surface area contributed by atoms with Gasteiger partial charge in [0.1, 0.15) is 18.7 Å². The standard InChI is InChI=1S/C41H57FN6O6S.ClH/c1-24-18-29(36(42)33(19-24)54-22-30(43)16-17-34(44)50)10-8-7-9-11-35(51)47-38(41(4,5)6)40(53)48-21-31(49)20-32(48)39(52)46-25(2)27-12-14-28(15-13-27)37-26(3)45-23-55-37;/h12-15,18-19,23,25,30-32,38,49H,7-11,16-17,20-22,43H2,1-6H3,(H2,44,50)(H,46,52)(H,47,51);1H/t25-,30-,31+,32-,38+;/m0./s1. The van der Waals surface area contributed by atoms with Gasteiger partial charge in [-0.3, -0.25) is 19.2 Å². The number of nitrogens with two attached hydrogens (primary N) is 2. The molecule has 0 radical (unpaired) electrons. The molecular formula is C41H58ClFN6O6S. The smallest absolute Gasteiger partial charge is 0.246 e. The van der Waals surface area contributed by atoms with Crippen LogP contribution in [0.4, 0.5) is 4.39 Å². The topological polar surface area (TPSA) is 190 Å². The molecule has 56 heavy (non-hydrogen) atoms. The monoisotopic (exact) mass is 816 g/mol. The fourth-order valence-corrected chi connectivity index (χ4v) is 7.54. The van der Waals surface area contributed by atoms with Gasteiger partial charge < -0.3 is 36.8 Å². The minimum atomic E-state index is -0.926. The number of aliphatic hydroxyl groups is 1. The molecular weight excluding hydrogens is 759 g/mol. The zero-order valence-electron chi connectivity index (χ0n) is 33.2. The summed E-state index contributed by atoms with van der Waals surface area (Å²) in [6.07, 6.45) is 2.11. The van der Waals surface area contributed by atoms with Gasteiger partial charge in [-0.05, 0) is 80.2 Å². The van der Waals surface area contributed by atoms with Crippen LogP contribution in [0.1, 0.15) is 101 Å². The molecule has 7 N–H and O–H groups in total. The number of rotatable bonds is 18. The number of nitrogens with zero attached hydrogens (tertiary/aromatic N) is 2. The molecule has 2 aromatic carbocycles. The van der Waals surface area contributed by atoms with E-state index in [2.05, 4.69) is 15.6 Å². The highest BCUT2D eigenvalue weighted by Gasteiger charge is 2.44. The lowest BCUT2D eigenvalue weighted by molar-refractivity contribution is -0.144. The molecule has 2 heterocycles. The van der Waals surface area contributed by atoms with Gasteiger partial charge in [0.05, 0.1) is 28.2 Å². The number of carbonyl (C=O) groups is 4. The maximum absolute atomic E-state index is 15.2. The number of primary amides is 1. The quantitative estimate of drug-likeness (QED) is 0.105. The number of carbonyl (C=O) groups excluding carboxylic acids is 4. The van der Waals surface area contributed by atoms with Gasteiger partial charge in [-0.25, -0.2) is 9.37 Å². The van der Waals surface area contributed by atoms with Gasteiger partial charge in [0.25, 0.3) is 0 Å². The summed E-state index contributed by atoms with van der Waals surface area (Å²) in [5.74, 6) is -1.90. The molecule has 5 atom stereocenters. The molecule has 3 aromatic rings. The number of likely N-dealkylation sites (tertiary alicyclic amines) is 1. The zero-order chi connectivity index (χ0) is 40.4. The molecule has 0 unspecified atom stereocenters. The Hall–Kier alpha value is -4.11. The number of unbranched alkanes of at least 4 members (excludes halogenated alkanes) is 2. The molecule has 12 nitrogen and oxygen atoms in total. The molecule has 1 saturated heterocycles. The van der Waals surface area contributed by atoms with Crippen LogP contribution in [0.5, 0.6) is 5.75 Å². The first-order valence-electron chi connectivity index (χ1n) is 19.0. The molecule has 4 amide bonds. The predicted molar refractivity (Wildman–Crippen MR) is 219 cm³/mol. The van der Waals surface area contributed by atoms with E-state index in [0.29, 0.717) is 37.7 Å². The predicted octanol–water partition coefficient (Wildman–Crippen LogP) is 5.43. The molecule has 0 spiro atoms. The molecule has 308 valence electrons. The summed E-state index contributed by atoms with van der Waals surface area (Å²) in [5, 5.41) is 16.5. The van der Waals surface area contributed by atoms with Crippen LogP contribution in [0.15, 0.2) is 41.9 Å². The summed E-state index contributed by atoms with van der Waals surface area (Å²) in [4.78, 5) is 58.6. The highest BCUT2D eigenvalue weighted by atomic mass is 35.5. The third kappa shape index (κ3) is 13.0. The van der Waals surface area contributed by atoms with E-state index in [-0.39, 0.29) is 68.4 Å². The van der Waals surface area contributed by atoms with Crippen molar-refractivity contribution in [1.82, 2.24) is 20.5 Å². The molecule has 1 aromatic heterocycles. The maximum Gasteiger partial charge on any atom is 0.246 e. The van der Waals surface area contributed by atoms with Crippen molar-refractivity contribution in [2.24, 2.45) is 16.9 Å². The normalized spacial score (nSPS) is 17.1. The van der Waals surface area contributed by atoms with Crippen molar-refractivity contribution >= 4 is 47.4 Å². The number of aryl methyl sites for hydroxylation is 3. The second-order valence-electron chi connectivity index (χ2n) is 15.8. The van der Waals surface area contributed by atoms with Gasteiger partial charge in [0, 0.05) is 31.8 Å². The Balaban J connectivity index is 0.00000841. The first-order valence-corrected chi connectivity index (χ1v) is 19.9. The zero-order valence-corrected chi connectivity index (χ0v) is 34.9. The second-order valence-corrected chi connectivity index (χ2v) is 16.6. The van der Waals surface area contributed by atoms with E-state index in [1.54, 1.807) is 23.5 Å². The van der Waals surface area contributed by atoms with Crippen molar-refractivity contribution in [3.05, 3.63) is 70.1 Å². The molecule has 4 rings (SSSR count). The Morgan fingerprint density at radius 3 is 2.39 bits per heavy atom. The number of halogens is 2. The largest absolute Gasteiger partial charge is 0.489 e. The maximum atomic E-state index is 15.2. The van der Waals surface area contributed by atoms with Crippen LogP contribution in [-0.2, 0) is 25.6 Å². The number of aromatic nitrogens is 1. The van der Waals surface area contributed by atoms with E-state index in [0.717, 1.165) is 27.3 Å². The third-order valence-electron chi connectivity index (χ3n) is 9.88. The lowest BCUT2D eigenvalue weighted by Crippen LogP contribution is -2.57. The molecule has 1 aliphatic heterocycles. The van der Waals surface area contributed by atoms with Crippen LogP contribution in [0, 0.1) is 25.1 Å². The number of thiazole rings is 1. The van der Waals surface area contributed by atoms with Gasteiger partial charge in [-0.2, -0.15) is 0 Å². The van der Waals surface area contributed by atoms with E-state index in [1.165, 1.54) is 4.90 Å². The van der Waals surface area contributed by atoms with Crippen molar-refractivity contribution in [3.63, 3.8) is 0 Å². The molecule has 0 aliphatic carbocycles. The van der Waals surface area contributed by atoms with Crippen LogP contribution >= 0.6 is 23.7 Å². The molecule has 1 aliphatic rings. The number of hydrogen-bond donors (Lipinski definition) is 5. The lowest BCUT2D eigenvalue weighted by Gasteiger charge is -2.35. The first kappa shape index (κ1) is 46.3. The van der Waals surface area contributed by atoms with Crippen molar-refractivity contribution in [3.8, 4) is 16.2 Å². The Morgan fingerprint density at radius 1 is 1.07 bits per heavy atom. The molecule has 0 bridgehead atoms. The van der Waals surface area contributed by atoms with Crippen molar-refractivity contribution in [2.45, 2.75) is 123 Å². The Bertz CT molecular complexity index is 1800. The number of hydrogen-bond acceptors (Lipinski definition) is 9. The SMILES string of the molecule is Cc1cc(CCCCCC(=O)N[C@H](C(=O)N2C[C@H](O)C[C@H]2C(=O)N[C@@H](C)c2ccc(-c3scnc3C)cc2)C(C)(C)C)c(F)c(OC[C@@H](N)CCC(N)=O)c1.Cl. The Kier molecular flexibility index (Phi) is 17.3. The fraction of sp³-hybridized carbons (Fsp3) is 0.537. The summed E-state index contributed by atoms with van der Waals surface area (Å²) in [6, 6.07) is 8.67. The summed E-state index contributed by atoms with van der Waals surface area (Å²) in [5.41, 5.74) is 16.5. The average Bonchev–Trinajstić information content (AvgIpc) is 3.74. The van der Waals surface area contributed by atoms with Crippen LogP contribution in [0.2, 0.25) is 0 Å². The second kappa shape index (κ2) is 20.9.